The van der Waals surface area contributed by atoms with Crippen molar-refractivity contribution in [1.82, 2.24) is 34.0 Å². The van der Waals surface area contributed by atoms with E-state index in [4.69, 9.17) is 15.5 Å². The lowest BCUT2D eigenvalue weighted by Crippen LogP contribution is -2.41. The number of nitrogens with zero attached hydrogens (tertiary/aromatic N) is 9. The number of piperidine rings is 1. The Labute approximate surface area is 260 Å². The summed E-state index contributed by atoms with van der Waals surface area (Å²) in [7, 11) is 3.65. The maximum Gasteiger partial charge on any atom is 0.254 e. The molecule has 5 aromatic rings. The molecule has 0 radical (unpaired) electrons. The van der Waals surface area contributed by atoms with E-state index in [1.807, 2.05) is 42.3 Å². The number of ether oxygens (including phenoxy) is 1. The number of carbonyl (C=O) groups excluding carboxylic acids is 1. The topological polar surface area (TPSA) is 144 Å². The molecule has 2 saturated heterocycles. The van der Waals surface area contributed by atoms with Crippen LogP contribution >= 0.6 is 0 Å². The van der Waals surface area contributed by atoms with Crippen LogP contribution in [0.3, 0.4) is 0 Å². The highest BCUT2D eigenvalue weighted by Gasteiger charge is 2.47. The van der Waals surface area contributed by atoms with Crippen molar-refractivity contribution in [2.75, 3.05) is 31.6 Å². The summed E-state index contributed by atoms with van der Waals surface area (Å²) in [5, 5.41) is 10.3. The van der Waals surface area contributed by atoms with E-state index >= 15 is 0 Å². The number of hydrogen-bond donors (Lipinski definition) is 1. The molecule has 1 saturated carbocycles. The van der Waals surface area contributed by atoms with Gasteiger partial charge in [-0.05, 0) is 67.5 Å². The van der Waals surface area contributed by atoms with Crippen molar-refractivity contribution in [3.8, 4) is 23.3 Å². The monoisotopic (exact) mass is 602 g/mol. The number of amides is 1. The summed E-state index contributed by atoms with van der Waals surface area (Å²) in [6, 6.07) is 13.9. The second kappa shape index (κ2) is 10.6. The molecule has 4 aromatic heterocycles. The van der Waals surface area contributed by atoms with E-state index < -0.39 is 0 Å². The first-order valence-electron chi connectivity index (χ1n) is 15.5. The summed E-state index contributed by atoms with van der Waals surface area (Å²) in [6.45, 7) is 2.98. The Kier molecular flexibility index (Phi) is 6.46. The highest BCUT2D eigenvalue weighted by Crippen LogP contribution is 2.40. The van der Waals surface area contributed by atoms with Crippen molar-refractivity contribution in [3.05, 3.63) is 60.2 Å². The minimum atomic E-state index is -0.0178. The Morgan fingerprint density at radius 1 is 1.11 bits per heavy atom. The summed E-state index contributed by atoms with van der Waals surface area (Å²) < 4.78 is 10.3. The van der Waals surface area contributed by atoms with Gasteiger partial charge in [-0.25, -0.2) is 19.9 Å². The number of anilines is 1. The van der Waals surface area contributed by atoms with Gasteiger partial charge in [0.1, 0.15) is 28.8 Å². The van der Waals surface area contributed by atoms with Crippen LogP contribution in [0.2, 0.25) is 0 Å². The fourth-order valence-corrected chi connectivity index (χ4v) is 7.73. The number of rotatable bonds is 6. The highest BCUT2D eigenvalue weighted by atomic mass is 16.5. The molecule has 0 spiro atoms. The summed E-state index contributed by atoms with van der Waals surface area (Å²) in [6.07, 6.45) is 6.41. The van der Waals surface area contributed by atoms with Crippen molar-refractivity contribution in [2.45, 2.75) is 37.9 Å². The normalized spacial score (nSPS) is 22.5. The van der Waals surface area contributed by atoms with Gasteiger partial charge >= 0.3 is 0 Å². The summed E-state index contributed by atoms with van der Waals surface area (Å²) >= 11 is 0. The lowest BCUT2D eigenvalue weighted by atomic mass is 10.1. The van der Waals surface area contributed by atoms with Crippen LogP contribution in [-0.4, -0.2) is 78.7 Å². The summed E-state index contributed by atoms with van der Waals surface area (Å²) in [5.74, 6) is 2.97. The maximum atomic E-state index is 13.9. The Hall–Kier alpha value is -5.02. The predicted molar refractivity (Wildman–Crippen MR) is 169 cm³/mol. The molecule has 2 N–H and O–H groups in total. The molecule has 12 nitrogen and oxygen atoms in total. The molecule has 2 bridgehead atoms. The molecule has 45 heavy (non-hydrogen) atoms. The van der Waals surface area contributed by atoms with E-state index in [1.54, 1.807) is 19.5 Å². The van der Waals surface area contributed by atoms with Crippen LogP contribution in [0, 0.1) is 23.2 Å². The number of imidazole rings is 1. The van der Waals surface area contributed by atoms with E-state index in [0.29, 0.717) is 35.8 Å². The third-order valence-electron chi connectivity index (χ3n) is 10.00. The minimum absolute atomic E-state index is 0.0178. The number of methoxy groups -OCH3 is 1. The number of aryl methyl sites for hydroxylation is 1. The second-order valence-electron chi connectivity index (χ2n) is 12.5. The van der Waals surface area contributed by atoms with Crippen molar-refractivity contribution < 1.29 is 9.53 Å². The van der Waals surface area contributed by atoms with E-state index in [9.17, 15) is 10.1 Å². The van der Waals surface area contributed by atoms with E-state index in [0.717, 1.165) is 66.2 Å². The van der Waals surface area contributed by atoms with Gasteiger partial charge in [0.25, 0.3) is 5.91 Å². The number of hydrogen-bond acceptors (Lipinski definition) is 9. The molecule has 228 valence electrons. The molecule has 1 aromatic carbocycles. The third kappa shape index (κ3) is 4.41. The average molecular weight is 603 g/mol. The first kappa shape index (κ1) is 27.5. The number of fused-ring (bicyclic) bond motifs is 4. The number of likely N-dealkylation sites (tertiary alicyclic amines) is 1. The van der Waals surface area contributed by atoms with Gasteiger partial charge in [0.2, 0.25) is 5.82 Å². The fraction of sp³-hybridized carbons (Fsp3) is 0.394. The summed E-state index contributed by atoms with van der Waals surface area (Å²) in [4.78, 5) is 36.3. The second-order valence-corrected chi connectivity index (χ2v) is 12.5. The highest BCUT2D eigenvalue weighted by molar-refractivity contribution is 6.00. The smallest absolute Gasteiger partial charge is 0.254 e. The third-order valence-corrected chi connectivity index (χ3v) is 10.00. The van der Waals surface area contributed by atoms with E-state index in [-0.39, 0.29) is 29.7 Å². The Morgan fingerprint density at radius 2 is 2.00 bits per heavy atom. The van der Waals surface area contributed by atoms with Gasteiger partial charge in [-0.2, -0.15) is 5.26 Å². The van der Waals surface area contributed by atoms with Gasteiger partial charge in [-0.15, -0.1) is 0 Å². The molecule has 3 fully saturated rings. The molecule has 4 atom stereocenters. The van der Waals surface area contributed by atoms with Crippen LogP contribution in [0.1, 0.15) is 35.4 Å². The SMILES string of the molecule is COc1cc(C(=O)N2C[C@H]3CC[C@@H]2[C@@H]3N)cc2nc(-c3cc4cccnc4n3C)n(C[C@H]3CCN(c4ccnc(C#N)n4)C3)c12. The lowest BCUT2D eigenvalue weighted by Gasteiger charge is -2.27. The van der Waals surface area contributed by atoms with Crippen molar-refractivity contribution >= 4 is 33.8 Å². The van der Waals surface area contributed by atoms with Crippen LogP contribution in [0.15, 0.2) is 48.8 Å². The summed E-state index contributed by atoms with van der Waals surface area (Å²) in [5.41, 5.74) is 10.4. The van der Waals surface area contributed by atoms with Gasteiger partial charge < -0.3 is 29.4 Å². The number of benzene rings is 1. The first-order chi connectivity index (χ1) is 21.9. The molecule has 1 aliphatic carbocycles. The quantitative estimate of drug-likeness (QED) is 0.309. The van der Waals surface area contributed by atoms with Crippen LogP contribution in [-0.2, 0) is 13.6 Å². The maximum absolute atomic E-state index is 13.9. The van der Waals surface area contributed by atoms with Crippen LogP contribution in [0.25, 0.3) is 33.6 Å². The van der Waals surface area contributed by atoms with Crippen molar-refractivity contribution in [3.63, 3.8) is 0 Å². The molecule has 1 amide bonds. The molecule has 12 heteroatoms. The molecule has 0 unspecified atom stereocenters. The van der Waals surface area contributed by atoms with E-state index in [1.165, 1.54) is 0 Å². The molecular weight excluding hydrogens is 568 g/mol. The zero-order valence-electron chi connectivity index (χ0n) is 25.3. The van der Waals surface area contributed by atoms with Crippen LogP contribution in [0.5, 0.6) is 5.75 Å². The first-order valence-corrected chi connectivity index (χ1v) is 15.5. The number of aromatic nitrogens is 6. The number of nitriles is 1. The molecule has 8 rings (SSSR count). The van der Waals surface area contributed by atoms with Gasteiger partial charge in [-0.3, -0.25) is 4.79 Å². The van der Waals surface area contributed by atoms with Gasteiger partial charge in [-0.1, -0.05) is 0 Å². The van der Waals surface area contributed by atoms with Crippen LogP contribution in [0.4, 0.5) is 5.82 Å². The Bertz CT molecular complexity index is 2010. The van der Waals surface area contributed by atoms with E-state index in [2.05, 4.69) is 41.1 Å². The van der Waals surface area contributed by atoms with Crippen molar-refractivity contribution in [2.24, 2.45) is 24.6 Å². The molecule has 6 heterocycles. The van der Waals surface area contributed by atoms with Gasteiger partial charge in [0.15, 0.2) is 5.82 Å². The average Bonchev–Trinajstić information content (AvgIpc) is 3.90. The lowest BCUT2D eigenvalue weighted by molar-refractivity contribution is 0.0700. The largest absolute Gasteiger partial charge is 0.494 e. The predicted octanol–water partition coefficient (Wildman–Crippen LogP) is 3.35. The molecular formula is C33H34N10O2. The Balaban J connectivity index is 1.21. The Morgan fingerprint density at radius 3 is 2.76 bits per heavy atom. The van der Waals surface area contributed by atoms with Crippen molar-refractivity contribution in [1.29, 1.82) is 5.26 Å². The number of pyridine rings is 1. The minimum Gasteiger partial charge on any atom is -0.494 e. The molecule has 2 aliphatic heterocycles. The zero-order valence-corrected chi connectivity index (χ0v) is 25.3. The zero-order chi connectivity index (χ0) is 30.8. The molecule has 3 aliphatic rings. The van der Waals surface area contributed by atoms with Gasteiger partial charge in [0, 0.05) is 68.7 Å². The number of carbonyl (C=O) groups is 1. The van der Waals surface area contributed by atoms with Gasteiger partial charge in [0.05, 0.1) is 18.3 Å². The van der Waals surface area contributed by atoms with Crippen LogP contribution < -0.4 is 15.4 Å². The number of nitrogens with two attached hydrogens (primary N) is 1. The fourth-order valence-electron chi connectivity index (χ4n) is 7.73. The standard InChI is InChI=1S/C33H34N10O2/c1-40-25(13-20-4-3-9-37-31(20)40)32-38-23-12-22(33(44)42-18-21-5-6-24(42)29(21)35)14-26(45-2)30(23)43(32)17-19-8-11-41(16-19)28-7-10-36-27(15-34)39-28/h3-4,7,9-10,12-14,19,21,24,29H,5-6,8,11,16-18,35H2,1-2H3/t19-,21+,24+,29+/m0/s1.